The fourth-order valence-corrected chi connectivity index (χ4v) is 1.44. The molecule has 1 aromatic heterocycles. The normalized spacial score (nSPS) is 12.3. The third-order valence-corrected chi connectivity index (χ3v) is 2.18. The van der Waals surface area contributed by atoms with Gasteiger partial charge in [-0.25, -0.2) is 9.78 Å². The van der Waals surface area contributed by atoms with Crippen LogP contribution in [-0.2, 0) is 12.1 Å². The van der Waals surface area contributed by atoms with Crippen LogP contribution in [0.1, 0.15) is 21.7 Å². The van der Waals surface area contributed by atoms with Crippen molar-refractivity contribution in [3.05, 3.63) is 23.0 Å². The lowest BCUT2D eigenvalue weighted by Gasteiger charge is -2.16. The van der Waals surface area contributed by atoms with E-state index in [9.17, 15) is 31.1 Å². The molecule has 112 valence electrons. The summed E-state index contributed by atoms with van der Waals surface area (Å²) in [5.41, 5.74) is -3.83. The van der Waals surface area contributed by atoms with Crippen LogP contribution in [0.3, 0.4) is 0 Å². The average Bonchev–Trinajstić information content (AvgIpc) is 2.24. The molecule has 0 aliphatic heterocycles. The van der Waals surface area contributed by atoms with Gasteiger partial charge in [-0.1, -0.05) is 0 Å². The van der Waals surface area contributed by atoms with Gasteiger partial charge in [0.2, 0.25) is 0 Å². The number of rotatable bonds is 3. The van der Waals surface area contributed by atoms with Crippen molar-refractivity contribution in [3.63, 3.8) is 0 Å². The number of carboxylic acid groups (broad SMARTS) is 1. The van der Waals surface area contributed by atoms with E-state index in [1.54, 1.807) is 0 Å². The Morgan fingerprint density at radius 1 is 1.30 bits per heavy atom. The van der Waals surface area contributed by atoms with Crippen LogP contribution in [0.5, 0.6) is 5.75 Å². The molecule has 0 atom stereocenters. The van der Waals surface area contributed by atoms with Crippen LogP contribution in [0, 0.1) is 0 Å². The molecule has 0 bridgehead atoms. The van der Waals surface area contributed by atoms with Crippen molar-refractivity contribution < 1.29 is 41.0 Å². The molecular weight excluding hydrogens is 320 g/mol. The Morgan fingerprint density at radius 2 is 1.85 bits per heavy atom. The van der Waals surface area contributed by atoms with Gasteiger partial charge in [0, 0.05) is 0 Å². The van der Waals surface area contributed by atoms with Gasteiger partial charge in [0.1, 0.15) is 0 Å². The molecule has 0 aliphatic rings. The van der Waals surface area contributed by atoms with Crippen LogP contribution in [0.15, 0.2) is 6.07 Å². The van der Waals surface area contributed by atoms with E-state index in [0.717, 1.165) is 0 Å². The summed E-state index contributed by atoms with van der Waals surface area (Å²) in [6, 6.07) is -0.0956. The second kappa shape index (κ2) is 5.35. The highest BCUT2D eigenvalue weighted by molar-refractivity contribution is 6.17. The Morgan fingerprint density at radius 3 is 2.20 bits per heavy atom. The minimum Gasteiger partial charge on any atom is -0.476 e. The van der Waals surface area contributed by atoms with Crippen LogP contribution in [0.4, 0.5) is 26.3 Å². The fraction of sp³-hybridized carbons (Fsp3) is 0.333. The first-order chi connectivity index (χ1) is 8.95. The fourth-order valence-electron chi connectivity index (χ4n) is 1.24. The summed E-state index contributed by atoms with van der Waals surface area (Å²) >= 11 is 5.18. The molecular formula is C9H4ClF6NO3. The van der Waals surface area contributed by atoms with Gasteiger partial charge in [-0.3, -0.25) is 0 Å². The van der Waals surface area contributed by atoms with E-state index < -0.39 is 47.1 Å². The second-order valence-corrected chi connectivity index (χ2v) is 3.58. The number of alkyl halides is 7. The summed E-state index contributed by atoms with van der Waals surface area (Å²) in [7, 11) is 0. The lowest BCUT2D eigenvalue weighted by Crippen LogP contribution is -2.22. The standard InChI is InChI=1S/C9H4ClF6NO3/c10-2-4-3(8(11,12)13)1-5(20-9(14,15)16)6(17-4)7(18)19/h1H,2H2,(H,18,19). The zero-order valence-corrected chi connectivity index (χ0v) is 9.90. The summed E-state index contributed by atoms with van der Waals surface area (Å²) in [5, 5.41) is 8.64. The number of carboxylic acids is 1. The first-order valence-corrected chi connectivity index (χ1v) is 5.15. The van der Waals surface area contributed by atoms with Gasteiger partial charge in [-0.2, -0.15) is 13.2 Å². The highest BCUT2D eigenvalue weighted by Crippen LogP contribution is 2.36. The van der Waals surface area contributed by atoms with Crippen molar-refractivity contribution in [3.8, 4) is 5.75 Å². The second-order valence-electron chi connectivity index (χ2n) is 3.31. The van der Waals surface area contributed by atoms with Crippen molar-refractivity contribution in [2.45, 2.75) is 18.4 Å². The predicted molar refractivity (Wildman–Crippen MR) is 52.4 cm³/mol. The number of aromatic carboxylic acids is 1. The molecule has 1 aromatic rings. The van der Waals surface area contributed by atoms with Gasteiger partial charge in [0.25, 0.3) is 0 Å². The minimum atomic E-state index is -5.36. The van der Waals surface area contributed by atoms with Gasteiger partial charge >= 0.3 is 18.5 Å². The topological polar surface area (TPSA) is 59.4 Å². The van der Waals surface area contributed by atoms with Crippen molar-refractivity contribution >= 4 is 17.6 Å². The first kappa shape index (κ1) is 16.3. The third-order valence-electron chi connectivity index (χ3n) is 1.93. The highest BCUT2D eigenvalue weighted by atomic mass is 35.5. The molecule has 1 heterocycles. The quantitative estimate of drug-likeness (QED) is 0.684. The molecule has 1 N–H and O–H groups in total. The molecule has 1 rings (SSSR count). The monoisotopic (exact) mass is 323 g/mol. The van der Waals surface area contributed by atoms with E-state index in [1.807, 2.05) is 0 Å². The van der Waals surface area contributed by atoms with Crippen LogP contribution >= 0.6 is 11.6 Å². The maximum absolute atomic E-state index is 12.6. The minimum absolute atomic E-state index is 0.0956. The molecule has 0 saturated heterocycles. The third kappa shape index (κ3) is 3.89. The summed E-state index contributed by atoms with van der Waals surface area (Å²) in [6.45, 7) is 0. The Balaban J connectivity index is 3.51. The van der Waals surface area contributed by atoms with Gasteiger partial charge in [0.05, 0.1) is 17.1 Å². The Labute approximate surface area is 111 Å². The number of pyridine rings is 1. The number of aromatic nitrogens is 1. The smallest absolute Gasteiger partial charge is 0.476 e. The highest BCUT2D eigenvalue weighted by Gasteiger charge is 2.39. The Kier molecular flexibility index (Phi) is 4.37. The van der Waals surface area contributed by atoms with E-state index in [1.165, 1.54) is 0 Å². The van der Waals surface area contributed by atoms with Crippen LogP contribution in [0.25, 0.3) is 0 Å². The van der Waals surface area contributed by atoms with Crippen LogP contribution in [-0.4, -0.2) is 22.4 Å². The molecule has 0 aromatic carbocycles. The van der Waals surface area contributed by atoms with Crippen molar-refractivity contribution in [2.24, 2.45) is 0 Å². The summed E-state index contributed by atoms with van der Waals surface area (Å²) in [5.74, 6) is -4.38. The largest absolute Gasteiger partial charge is 0.573 e. The number of halogens is 7. The SMILES string of the molecule is O=C(O)c1nc(CCl)c(C(F)(F)F)cc1OC(F)(F)F. The molecule has 0 fully saturated rings. The molecule has 0 aliphatic carbocycles. The number of ether oxygens (including phenoxy) is 1. The summed E-state index contributed by atoms with van der Waals surface area (Å²) in [6.07, 6.45) is -10.4. The van der Waals surface area contributed by atoms with E-state index in [2.05, 4.69) is 9.72 Å². The molecule has 0 radical (unpaired) electrons. The van der Waals surface area contributed by atoms with Crippen molar-refractivity contribution in [1.82, 2.24) is 4.98 Å². The van der Waals surface area contributed by atoms with Gasteiger partial charge in [0.15, 0.2) is 11.4 Å². The van der Waals surface area contributed by atoms with Crippen molar-refractivity contribution in [2.75, 3.05) is 0 Å². The number of hydrogen-bond donors (Lipinski definition) is 1. The Bertz CT molecular complexity index is 528. The number of nitrogens with zero attached hydrogens (tertiary/aromatic N) is 1. The average molecular weight is 324 g/mol. The summed E-state index contributed by atoms with van der Waals surface area (Å²) in [4.78, 5) is 13.7. The molecule has 0 spiro atoms. The molecule has 11 heteroatoms. The zero-order chi connectivity index (χ0) is 15.7. The zero-order valence-electron chi connectivity index (χ0n) is 9.14. The number of hydrogen-bond acceptors (Lipinski definition) is 3. The number of carbonyl (C=O) groups is 1. The molecule has 4 nitrogen and oxygen atoms in total. The van der Waals surface area contributed by atoms with Crippen LogP contribution in [0.2, 0.25) is 0 Å². The maximum Gasteiger partial charge on any atom is 0.573 e. The summed E-state index contributed by atoms with van der Waals surface area (Å²) < 4.78 is 77.2. The van der Waals surface area contributed by atoms with Crippen molar-refractivity contribution in [1.29, 1.82) is 0 Å². The lowest BCUT2D eigenvalue weighted by atomic mass is 10.1. The van der Waals surface area contributed by atoms with E-state index in [4.69, 9.17) is 16.7 Å². The molecule has 0 unspecified atom stereocenters. The van der Waals surface area contributed by atoms with E-state index in [-0.39, 0.29) is 6.07 Å². The first-order valence-electron chi connectivity index (χ1n) is 4.62. The Hall–Kier alpha value is -1.71. The van der Waals surface area contributed by atoms with Gasteiger partial charge < -0.3 is 9.84 Å². The van der Waals surface area contributed by atoms with E-state index >= 15 is 0 Å². The molecule has 20 heavy (non-hydrogen) atoms. The van der Waals surface area contributed by atoms with Gasteiger partial charge in [-0.05, 0) is 6.07 Å². The van der Waals surface area contributed by atoms with E-state index in [0.29, 0.717) is 0 Å². The lowest BCUT2D eigenvalue weighted by molar-refractivity contribution is -0.275. The van der Waals surface area contributed by atoms with Crippen LogP contribution < -0.4 is 4.74 Å². The molecule has 0 amide bonds. The predicted octanol–water partition coefficient (Wildman–Crippen LogP) is 3.44. The maximum atomic E-state index is 12.6. The van der Waals surface area contributed by atoms with Gasteiger partial charge in [-0.15, -0.1) is 24.8 Å². The molecule has 0 saturated carbocycles.